The molecule has 57 valence electrons. The quantitative estimate of drug-likeness (QED) is 0.384. The van der Waals surface area contributed by atoms with Crippen LogP contribution in [0.25, 0.3) is 0 Å². The van der Waals surface area contributed by atoms with Crippen LogP contribution in [-0.4, -0.2) is 6.41 Å². The van der Waals surface area contributed by atoms with Gasteiger partial charge in [-0.1, -0.05) is 30.3 Å². The monoisotopic (exact) mass is 149 g/mol. The highest BCUT2D eigenvalue weighted by Crippen LogP contribution is 1.95. The molecular weight excluding hydrogens is 140 g/mol. The zero-order chi connectivity index (χ0) is 7.94. The van der Waals surface area contributed by atoms with Crippen molar-refractivity contribution in [1.82, 2.24) is 10.9 Å². The van der Waals surface area contributed by atoms with Crippen LogP contribution in [0.5, 0.6) is 0 Å². The Morgan fingerprint density at radius 1 is 1.36 bits per heavy atom. The van der Waals surface area contributed by atoms with E-state index < -0.39 is 0 Å². The lowest BCUT2D eigenvalue weighted by atomic mass is 10.2. The largest absolute Gasteiger partial charge is 0.275 e. The SMILES string of the molecule is O=C[N]NCc1ccccc1. The van der Waals surface area contributed by atoms with Crippen LogP contribution in [0.4, 0.5) is 0 Å². The molecule has 0 fully saturated rings. The highest BCUT2D eigenvalue weighted by molar-refractivity contribution is 5.44. The fraction of sp³-hybridized carbons (Fsp3) is 0.125. The van der Waals surface area contributed by atoms with Gasteiger partial charge in [0.15, 0.2) is 0 Å². The van der Waals surface area contributed by atoms with Crippen molar-refractivity contribution >= 4 is 6.41 Å². The highest BCUT2D eigenvalue weighted by atomic mass is 16.1. The fourth-order valence-electron chi connectivity index (χ4n) is 0.770. The molecule has 1 aromatic rings. The summed E-state index contributed by atoms with van der Waals surface area (Å²) >= 11 is 0. The molecule has 0 aromatic heterocycles. The molecule has 0 aliphatic rings. The topological polar surface area (TPSA) is 43.2 Å². The van der Waals surface area contributed by atoms with Gasteiger partial charge in [-0.2, -0.15) is 5.43 Å². The smallest absolute Gasteiger partial charge is 0.244 e. The minimum atomic E-state index is 0.489. The molecule has 0 aliphatic heterocycles. The fourth-order valence-corrected chi connectivity index (χ4v) is 0.770. The predicted molar refractivity (Wildman–Crippen MR) is 41.5 cm³/mol. The van der Waals surface area contributed by atoms with Crippen molar-refractivity contribution < 1.29 is 4.79 Å². The average Bonchev–Trinajstić information content (AvgIpc) is 2.07. The summed E-state index contributed by atoms with van der Waals surface area (Å²) in [6, 6.07) is 9.76. The minimum absolute atomic E-state index is 0.489. The average molecular weight is 149 g/mol. The maximum absolute atomic E-state index is 9.77. The van der Waals surface area contributed by atoms with E-state index in [4.69, 9.17) is 0 Å². The number of benzene rings is 1. The van der Waals surface area contributed by atoms with Crippen molar-refractivity contribution in [1.29, 1.82) is 0 Å². The molecule has 0 aliphatic carbocycles. The first-order chi connectivity index (χ1) is 5.43. The van der Waals surface area contributed by atoms with Crippen LogP contribution in [0.2, 0.25) is 0 Å². The number of nitrogens with zero attached hydrogens (tertiary/aromatic N) is 1. The number of amides is 1. The minimum Gasteiger partial charge on any atom is -0.275 e. The van der Waals surface area contributed by atoms with E-state index >= 15 is 0 Å². The Labute approximate surface area is 65.4 Å². The van der Waals surface area contributed by atoms with Crippen molar-refractivity contribution in [3.8, 4) is 0 Å². The van der Waals surface area contributed by atoms with Crippen LogP contribution in [0.1, 0.15) is 5.56 Å². The highest BCUT2D eigenvalue weighted by Gasteiger charge is 1.87. The van der Waals surface area contributed by atoms with Crippen LogP contribution in [0.15, 0.2) is 30.3 Å². The molecule has 0 heterocycles. The third kappa shape index (κ3) is 2.82. The summed E-state index contributed by atoms with van der Waals surface area (Å²) in [5.41, 5.74) is 7.05. The lowest BCUT2D eigenvalue weighted by Crippen LogP contribution is -2.22. The van der Waals surface area contributed by atoms with Gasteiger partial charge < -0.3 is 0 Å². The summed E-state index contributed by atoms with van der Waals surface area (Å²) in [4.78, 5) is 9.77. The molecule has 1 radical (unpaired) electrons. The molecule has 0 spiro atoms. The normalized spacial score (nSPS) is 9.09. The lowest BCUT2D eigenvalue weighted by Gasteiger charge is -1.98. The van der Waals surface area contributed by atoms with Gasteiger partial charge in [0.1, 0.15) is 0 Å². The number of carbonyl (C=O) groups excluding carboxylic acids is 1. The van der Waals surface area contributed by atoms with Gasteiger partial charge in [0.05, 0.1) is 0 Å². The van der Waals surface area contributed by atoms with E-state index in [9.17, 15) is 4.79 Å². The molecule has 11 heavy (non-hydrogen) atoms. The summed E-state index contributed by atoms with van der Waals surface area (Å²) in [6.07, 6.45) is 0.489. The van der Waals surface area contributed by atoms with Gasteiger partial charge in [-0.15, -0.1) is 0 Å². The van der Waals surface area contributed by atoms with E-state index in [1.165, 1.54) is 0 Å². The van der Waals surface area contributed by atoms with Crippen LogP contribution >= 0.6 is 0 Å². The van der Waals surface area contributed by atoms with Gasteiger partial charge in [-0.3, -0.25) is 4.79 Å². The number of nitrogens with one attached hydrogen (secondary N) is 1. The molecular formula is C8H9N2O. The first kappa shape index (κ1) is 7.75. The maximum Gasteiger partial charge on any atom is 0.244 e. The maximum atomic E-state index is 9.77. The molecule has 0 atom stereocenters. The molecule has 3 heteroatoms. The Kier molecular flexibility index (Phi) is 3.15. The summed E-state index contributed by atoms with van der Waals surface area (Å²) < 4.78 is 0. The molecule has 1 amide bonds. The van der Waals surface area contributed by atoms with E-state index in [1.54, 1.807) is 0 Å². The van der Waals surface area contributed by atoms with E-state index in [2.05, 4.69) is 10.9 Å². The van der Waals surface area contributed by atoms with Crippen LogP contribution in [-0.2, 0) is 11.3 Å². The van der Waals surface area contributed by atoms with Crippen LogP contribution in [0.3, 0.4) is 0 Å². The van der Waals surface area contributed by atoms with E-state index in [0.717, 1.165) is 5.56 Å². The summed E-state index contributed by atoms with van der Waals surface area (Å²) in [5.74, 6) is 0. The van der Waals surface area contributed by atoms with Gasteiger partial charge >= 0.3 is 0 Å². The van der Waals surface area contributed by atoms with Crippen LogP contribution < -0.4 is 10.9 Å². The third-order valence-electron chi connectivity index (χ3n) is 1.27. The molecule has 1 N–H and O–H groups in total. The number of hydrogen-bond donors (Lipinski definition) is 1. The second-order valence-corrected chi connectivity index (χ2v) is 2.05. The second kappa shape index (κ2) is 4.46. The van der Waals surface area contributed by atoms with E-state index in [0.29, 0.717) is 13.0 Å². The first-order valence-electron chi connectivity index (χ1n) is 3.34. The van der Waals surface area contributed by atoms with Crippen molar-refractivity contribution in [2.24, 2.45) is 0 Å². The standard InChI is InChI=1S/C8H9N2O/c11-7-10-9-6-8-4-2-1-3-5-8/h1-5,7,9H,6H2. The number of hydrogen-bond acceptors (Lipinski definition) is 2. The van der Waals surface area contributed by atoms with Gasteiger partial charge in [0, 0.05) is 6.54 Å². The Morgan fingerprint density at radius 2 is 2.09 bits per heavy atom. The zero-order valence-corrected chi connectivity index (χ0v) is 6.03. The Morgan fingerprint density at radius 3 is 2.73 bits per heavy atom. The second-order valence-electron chi connectivity index (χ2n) is 2.05. The number of rotatable bonds is 4. The summed E-state index contributed by atoms with van der Waals surface area (Å²) in [6.45, 7) is 0.597. The Bertz CT molecular complexity index is 211. The van der Waals surface area contributed by atoms with Crippen molar-refractivity contribution in [3.63, 3.8) is 0 Å². The third-order valence-corrected chi connectivity index (χ3v) is 1.27. The van der Waals surface area contributed by atoms with Gasteiger partial charge in [0.25, 0.3) is 0 Å². The van der Waals surface area contributed by atoms with E-state index in [-0.39, 0.29) is 0 Å². The molecule has 0 unspecified atom stereocenters. The molecule has 3 nitrogen and oxygen atoms in total. The van der Waals surface area contributed by atoms with Gasteiger partial charge in [0.2, 0.25) is 6.41 Å². The van der Waals surface area contributed by atoms with Gasteiger partial charge in [-0.05, 0) is 5.56 Å². The number of carbonyl (C=O) groups is 1. The molecule has 0 bridgehead atoms. The van der Waals surface area contributed by atoms with Gasteiger partial charge in [-0.25, -0.2) is 5.43 Å². The summed E-state index contributed by atoms with van der Waals surface area (Å²) in [7, 11) is 0. The molecule has 1 aromatic carbocycles. The van der Waals surface area contributed by atoms with Crippen molar-refractivity contribution in [3.05, 3.63) is 35.9 Å². The zero-order valence-electron chi connectivity index (χ0n) is 6.03. The van der Waals surface area contributed by atoms with Crippen LogP contribution in [0, 0.1) is 0 Å². The lowest BCUT2D eigenvalue weighted by molar-refractivity contribution is -0.110. The first-order valence-corrected chi connectivity index (χ1v) is 3.34. The van der Waals surface area contributed by atoms with E-state index in [1.807, 2.05) is 30.3 Å². The predicted octanol–water partition coefficient (Wildman–Crippen LogP) is 0.452. The molecule has 0 saturated carbocycles. The Hall–Kier alpha value is -1.35. The van der Waals surface area contributed by atoms with Crippen molar-refractivity contribution in [2.75, 3.05) is 0 Å². The molecule has 1 rings (SSSR count). The Balaban J connectivity index is 2.33. The summed E-state index contributed by atoms with van der Waals surface area (Å²) in [5, 5.41) is 0. The van der Waals surface area contributed by atoms with Crippen molar-refractivity contribution in [2.45, 2.75) is 6.54 Å². The molecule has 0 saturated heterocycles.